The minimum absolute atomic E-state index is 0.0713. The summed E-state index contributed by atoms with van der Waals surface area (Å²) in [6.07, 6.45) is 2.73. The van der Waals surface area contributed by atoms with Crippen molar-refractivity contribution in [1.29, 1.82) is 0 Å². The van der Waals surface area contributed by atoms with Gasteiger partial charge in [-0.15, -0.1) is 0 Å². The molecule has 0 aliphatic carbocycles. The van der Waals surface area contributed by atoms with E-state index in [1.54, 1.807) is 23.2 Å². The number of hydrogen-bond acceptors (Lipinski definition) is 4. The molecule has 1 aromatic rings. The number of alkyl carbamates (subject to hydrolysis) is 1. The molecule has 0 aliphatic heterocycles. The standard InChI is InChI=1S/C15H20N2O3/c1-11-5-6-12(14(18)7-8-17(2)3)9-13(11)10-16-15(19)20-4/h5-9H,10H2,1-4H3,(H,16,19). The largest absolute Gasteiger partial charge is 0.453 e. The normalized spacial score (nSPS) is 10.4. The van der Waals surface area contributed by atoms with Crippen LogP contribution in [-0.4, -0.2) is 38.0 Å². The predicted molar refractivity (Wildman–Crippen MR) is 77.6 cm³/mol. The number of carbonyl (C=O) groups is 2. The maximum absolute atomic E-state index is 12.0. The van der Waals surface area contributed by atoms with Gasteiger partial charge in [-0.3, -0.25) is 4.79 Å². The minimum atomic E-state index is -0.492. The molecule has 1 amide bonds. The Morgan fingerprint density at radius 3 is 2.65 bits per heavy atom. The van der Waals surface area contributed by atoms with Crippen molar-refractivity contribution in [2.45, 2.75) is 13.5 Å². The van der Waals surface area contributed by atoms with Gasteiger partial charge in [0.2, 0.25) is 0 Å². The van der Waals surface area contributed by atoms with Crippen LogP contribution in [0.4, 0.5) is 4.79 Å². The van der Waals surface area contributed by atoms with Crippen molar-refractivity contribution in [1.82, 2.24) is 10.2 Å². The number of allylic oxidation sites excluding steroid dienone is 1. The van der Waals surface area contributed by atoms with E-state index in [0.29, 0.717) is 12.1 Å². The maximum Gasteiger partial charge on any atom is 0.407 e. The fourth-order valence-electron chi connectivity index (χ4n) is 1.57. The van der Waals surface area contributed by atoms with Crippen LogP contribution >= 0.6 is 0 Å². The van der Waals surface area contributed by atoms with Gasteiger partial charge in [-0.2, -0.15) is 0 Å². The average Bonchev–Trinajstić information content (AvgIpc) is 2.43. The SMILES string of the molecule is COC(=O)NCc1cc(C(=O)C=CN(C)C)ccc1C. The predicted octanol–water partition coefficient (Wildman–Crippen LogP) is 2.11. The van der Waals surface area contributed by atoms with E-state index in [-0.39, 0.29) is 5.78 Å². The van der Waals surface area contributed by atoms with Crippen molar-refractivity contribution in [3.8, 4) is 0 Å². The van der Waals surface area contributed by atoms with E-state index in [4.69, 9.17) is 0 Å². The highest BCUT2D eigenvalue weighted by atomic mass is 16.5. The smallest absolute Gasteiger partial charge is 0.407 e. The Kier molecular flexibility index (Phi) is 5.77. The van der Waals surface area contributed by atoms with Crippen LogP contribution in [0.2, 0.25) is 0 Å². The monoisotopic (exact) mass is 276 g/mol. The number of rotatable bonds is 5. The van der Waals surface area contributed by atoms with Crippen molar-refractivity contribution in [3.63, 3.8) is 0 Å². The van der Waals surface area contributed by atoms with Crippen LogP contribution in [0.25, 0.3) is 0 Å². The molecule has 0 radical (unpaired) electrons. The summed E-state index contributed by atoms with van der Waals surface area (Å²) >= 11 is 0. The molecular formula is C15H20N2O3. The summed E-state index contributed by atoms with van der Waals surface area (Å²) in [7, 11) is 5.02. The van der Waals surface area contributed by atoms with Gasteiger partial charge >= 0.3 is 6.09 Å². The summed E-state index contributed by atoms with van der Waals surface area (Å²) in [5, 5.41) is 2.61. The number of carbonyl (C=O) groups excluding carboxylic acids is 2. The van der Waals surface area contributed by atoms with E-state index in [2.05, 4.69) is 10.1 Å². The zero-order chi connectivity index (χ0) is 15.1. The van der Waals surface area contributed by atoms with Crippen LogP contribution in [0.15, 0.2) is 30.5 Å². The van der Waals surface area contributed by atoms with Gasteiger partial charge in [-0.25, -0.2) is 4.79 Å². The molecule has 0 unspecified atom stereocenters. The molecule has 0 spiro atoms. The number of ether oxygens (including phenoxy) is 1. The summed E-state index contributed by atoms with van der Waals surface area (Å²) in [5.41, 5.74) is 2.49. The maximum atomic E-state index is 12.0. The molecule has 0 heterocycles. The third kappa shape index (κ3) is 4.76. The molecular weight excluding hydrogens is 256 g/mol. The van der Waals surface area contributed by atoms with Gasteiger partial charge in [0.15, 0.2) is 5.78 Å². The highest BCUT2D eigenvalue weighted by Gasteiger charge is 2.07. The molecule has 0 saturated heterocycles. The quantitative estimate of drug-likeness (QED) is 0.661. The molecule has 0 saturated carbocycles. The first-order chi connectivity index (χ1) is 9.43. The lowest BCUT2D eigenvalue weighted by molar-refractivity contribution is 0.104. The van der Waals surface area contributed by atoms with Crippen LogP contribution in [0.3, 0.4) is 0 Å². The van der Waals surface area contributed by atoms with Crippen LogP contribution < -0.4 is 5.32 Å². The topological polar surface area (TPSA) is 58.6 Å². The Morgan fingerprint density at radius 1 is 1.35 bits per heavy atom. The molecule has 0 bridgehead atoms. The molecule has 0 aliphatic rings. The first-order valence-electron chi connectivity index (χ1n) is 6.24. The van der Waals surface area contributed by atoms with Crippen molar-refractivity contribution in [3.05, 3.63) is 47.2 Å². The lowest BCUT2D eigenvalue weighted by Crippen LogP contribution is -2.22. The molecule has 0 aromatic heterocycles. The van der Waals surface area contributed by atoms with E-state index >= 15 is 0 Å². The van der Waals surface area contributed by atoms with Gasteiger partial charge in [-0.1, -0.05) is 12.1 Å². The van der Waals surface area contributed by atoms with Gasteiger partial charge in [-0.05, 0) is 24.1 Å². The highest BCUT2D eigenvalue weighted by molar-refractivity contribution is 6.04. The Labute approximate surface area is 119 Å². The van der Waals surface area contributed by atoms with E-state index in [9.17, 15) is 9.59 Å². The average molecular weight is 276 g/mol. The summed E-state index contributed by atoms with van der Waals surface area (Å²) in [6, 6.07) is 5.43. The van der Waals surface area contributed by atoms with Crippen LogP contribution in [-0.2, 0) is 11.3 Å². The Hall–Kier alpha value is -2.30. The Morgan fingerprint density at radius 2 is 2.05 bits per heavy atom. The highest BCUT2D eigenvalue weighted by Crippen LogP contribution is 2.12. The van der Waals surface area contributed by atoms with Crippen molar-refractivity contribution >= 4 is 11.9 Å². The van der Waals surface area contributed by atoms with Crippen LogP contribution in [0, 0.1) is 6.92 Å². The molecule has 5 heteroatoms. The van der Waals surface area contributed by atoms with Gasteiger partial charge in [0.1, 0.15) is 0 Å². The van der Waals surface area contributed by atoms with E-state index in [0.717, 1.165) is 11.1 Å². The number of nitrogens with zero attached hydrogens (tertiary/aromatic N) is 1. The molecule has 0 atom stereocenters. The summed E-state index contributed by atoms with van der Waals surface area (Å²) in [4.78, 5) is 24.9. The fraction of sp³-hybridized carbons (Fsp3) is 0.333. The lowest BCUT2D eigenvalue weighted by Gasteiger charge is -2.09. The first kappa shape index (κ1) is 15.8. The van der Waals surface area contributed by atoms with E-state index in [1.165, 1.54) is 13.2 Å². The van der Waals surface area contributed by atoms with Crippen LogP contribution in [0.5, 0.6) is 0 Å². The summed E-state index contributed by atoms with van der Waals surface area (Å²) in [6.45, 7) is 2.26. The fourth-order valence-corrected chi connectivity index (χ4v) is 1.57. The molecule has 1 rings (SSSR count). The second kappa shape index (κ2) is 7.33. The molecule has 5 nitrogen and oxygen atoms in total. The van der Waals surface area contributed by atoms with Gasteiger partial charge in [0.05, 0.1) is 7.11 Å². The number of nitrogens with one attached hydrogen (secondary N) is 1. The van der Waals surface area contributed by atoms with Gasteiger partial charge in [0.25, 0.3) is 0 Å². The molecule has 1 aromatic carbocycles. The first-order valence-corrected chi connectivity index (χ1v) is 6.24. The number of methoxy groups -OCH3 is 1. The van der Waals surface area contributed by atoms with Crippen molar-refractivity contribution in [2.24, 2.45) is 0 Å². The number of amides is 1. The van der Waals surface area contributed by atoms with Crippen molar-refractivity contribution < 1.29 is 14.3 Å². The van der Waals surface area contributed by atoms with Crippen molar-refractivity contribution in [2.75, 3.05) is 21.2 Å². The number of hydrogen-bond donors (Lipinski definition) is 1. The zero-order valence-electron chi connectivity index (χ0n) is 12.3. The van der Waals surface area contributed by atoms with Gasteiger partial charge < -0.3 is 15.0 Å². The second-order valence-electron chi connectivity index (χ2n) is 4.63. The molecule has 20 heavy (non-hydrogen) atoms. The van der Waals surface area contributed by atoms with Gasteiger partial charge in [0, 0.05) is 38.5 Å². The van der Waals surface area contributed by atoms with Crippen LogP contribution in [0.1, 0.15) is 21.5 Å². The number of benzene rings is 1. The summed E-state index contributed by atoms with van der Waals surface area (Å²) < 4.78 is 4.52. The summed E-state index contributed by atoms with van der Waals surface area (Å²) in [5.74, 6) is -0.0713. The minimum Gasteiger partial charge on any atom is -0.453 e. The number of aryl methyl sites for hydroxylation is 1. The molecule has 1 N–H and O–H groups in total. The second-order valence-corrected chi connectivity index (χ2v) is 4.63. The number of ketones is 1. The Balaban J connectivity index is 2.85. The molecule has 0 fully saturated rings. The van der Waals surface area contributed by atoms with E-state index in [1.807, 2.05) is 27.1 Å². The Bertz CT molecular complexity index is 522. The van der Waals surface area contributed by atoms with E-state index < -0.39 is 6.09 Å². The lowest BCUT2D eigenvalue weighted by atomic mass is 10.0. The third-order valence-corrected chi connectivity index (χ3v) is 2.77. The molecule has 108 valence electrons. The third-order valence-electron chi connectivity index (χ3n) is 2.77. The zero-order valence-corrected chi connectivity index (χ0v) is 12.3.